The van der Waals surface area contributed by atoms with Gasteiger partial charge in [0.25, 0.3) is 0 Å². The Hall–Kier alpha value is -2.28. The molecule has 0 aliphatic heterocycles. The lowest BCUT2D eigenvalue weighted by Crippen LogP contribution is -2.21. The Labute approximate surface area is 137 Å². The van der Waals surface area contributed by atoms with Crippen LogP contribution in [0, 0.1) is 11.3 Å². The number of allylic oxidation sites excluding steroid dienone is 2. The van der Waals surface area contributed by atoms with Crippen molar-refractivity contribution in [1.29, 1.82) is 5.26 Å². The van der Waals surface area contributed by atoms with Gasteiger partial charge in [-0.05, 0) is 55.9 Å². The first-order valence-corrected chi connectivity index (χ1v) is 8.08. The van der Waals surface area contributed by atoms with Crippen LogP contribution in [0.2, 0.25) is 0 Å². The minimum atomic E-state index is -0.832. The Kier molecular flexibility index (Phi) is 5.81. The van der Waals surface area contributed by atoms with Crippen LogP contribution >= 0.6 is 0 Å². The number of methoxy groups -OCH3 is 1. The Balaban J connectivity index is 2.39. The number of hydrogen-bond donors (Lipinski definition) is 0. The maximum atomic E-state index is 10.7. The lowest BCUT2D eigenvalue weighted by molar-refractivity contribution is -0.104. The second-order valence-corrected chi connectivity index (χ2v) is 5.82. The largest absolute Gasteiger partial charge is 0.493 e. The van der Waals surface area contributed by atoms with Crippen LogP contribution in [0.4, 0.5) is 0 Å². The summed E-state index contributed by atoms with van der Waals surface area (Å²) in [5.41, 5.74) is -0.0181. The van der Waals surface area contributed by atoms with E-state index in [1.54, 1.807) is 13.2 Å². The highest BCUT2D eigenvalue weighted by Gasteiger charge is 2.29. The van der Waals surface area contributed by atoms with E-state index in [4.69, 9.17) is 9.47 Å². The van der Waals surface area contributed by atoms with Crippen molar-refractivity contribution in [1.82, 2.24) is 0 Å². The zero-order valence-corrected chi connectivity index (χ0v) is 13.7. The molecule has 1 aliphatic carbocycles. The minimum absolute atomic E-state index is 0.211. The zero-order valence-electron chi connectivity index (χ0n) is 13.7. The van der Waals surface area contributed by atoms with Crippen LogP contribution in [0.3, 0.4) is 0 Å². The number of benzene rings is 1. The third-order valence-corrected chi connectivity index (χ3v) is 4.49. The molecule has 122 valence electrons. The summed E-state index contributed by atoms with van der Waals surface area (Å²) < 4.78 is 11.5. The third-order valence-electron chi connectivity index (χ3n) is 4.49. The van der Waals surface area contributed by atoms with Gasteiger partial charge in [-0.1, -0.05) is 19.1 Å². The first-order chi connectivity index (χ1) is 11.2. The summed E-state index contributed by atoms with van der Waals surface area (Å²) in [5, 5.41) is 9.67. The van der Waals surface area contributed by atoms with Crippen LogP contribution in [-0.2, 0) is 10.2 Å². The molecule has 1 unspecified atom stereocenters. The van der Waals surface area contributed by atoms with Gasteiger partial charge < -0.3 is 9.47 Å². The van der Waals surface area contributed by atoms with Gasteiger partial charge >= 0.3 is 0 Å². The fourth-order valence-corrected chi connectivity index (χ4v) is 3.03. The quantitative estimate of drug-likeness (QED) is 0.565. The third kappa shape index (κ3) is 3.73. The first-order valence-electron chi connectivity index (χ1n) is 8.08. The summed E-state index contributed by atoms with van der Waals surface area (Å²) in [7, 11) is 1.61. The maximum Gasteiger partial charge on any atom is 0.161 e. The Morgan fingerprint density at radius 3 is 2.65 bits per heavy atom. The van der Waals surface area contributed by atoms with Crippen molar-refractivity contribution in [2.45, 2.75) is 50.5 Å². The van der Waals surface area contributed by atoms with E-state index in [1.165, 1.54) is 18.9 Å². The smallest absolute Gasteiger partial charge is 0.161 e. The highest BCUT2D eigenvalue weighted by Crippen LogP contribution is 2.37. The molecule has 1 saturated carbocycles. The first kappa shape index (κ1) is 17.1. The van der Waals surface area contributed by atoms with Gasteiger partial charge in [0.15, 0.2) is 11.5 Å². The maximum absolute atomic E-state index is 10.7. The van der Waals surface area contributed by atoms with Gasteiger partial charge in [-0.3, -0.25) is 4.79 Å². The van der Waals surface area contributed by atoms with E-state index in [0.29, 0.717) is 24.2 Å². The van der Waals surface area contributed by atoms with Crippen LogP contribution in [0.15, 0.2) is 30.4 Å². The Morgan fingerprint density at radius 1 is 1.35 bits per heavy atom. The average molecular weight is 313 g/mol. The normalized spacial score (nSPS) is 17.6. The van der Waals surface area contributed by atoms with E-state index in [0.717, 1.165) is 18.4 Å². The molecule has 1 aliphatic rings. The standard InChI is InChI=1S/C19H23NO3/c1-3-19(14-20,11-6-12-21)15-9-10-17(22-2)18(13-15)23-16-7-4-5-8-16/h6,9-13,16H,3-5,7-8H2,1-2H3/b11-6+. The number of aldehydes is 1. The zero-order chi connectivity index (χ0) is 16.7. The van der Waals surface area contributed by atoms with Crippen LogP contribution < -0.4 is 9.47 Å². The molecule has 0 radical (unpaired) electrons. The summed E-state index contributed by atoms with van der Waals surface area (Å²) in [4.78, 5) is 10.7. The molecule has 0 heterocycles. The number of carbonyl (C=O) groups is 1. The molecule has 0 saturated heterocycles. The molecule has 4 heteroatoms. The Bertz CT molecular complexity index is 612. The summed E-state index contributed by atoms with van der Waals surface area (Å²) in [5.74, 6) is 1.34. The molecule has 23 heavy (non-hydrogen) atoms. The molecule has 0 amide bonds. The fraction of sp³-hybridized carbons (Fsp3) is 0.474. The number of carbonyl (C=O) groups excluding carboxylic acids is 1. The molecular formula is C19H23NO3. The molecule has 0 aromatic heterocycles. The van der Waals surface area contributed by atoms with Gasteiger partial charge in [0.1, 0.15) is 11.7 Å². The topological polar surface area (TPSA) is 59.3 Å². The summed E-state index contributed by atoms with van der Waals surface area (Å²) in [6.07, 6.45) is 8.99. The van der Waals surface area contributed by atoms with Crippen molar-refractivity contribution in [3.63, 3.8) is 0 Å². The number of ether oxygens (including phenoxy) is 2. The summed E-state index contributed by atoms with van der Waals surface area (Å²) in [6.45, 7) is 1.93. The molecular weight excluding hydrogens is 290 g/mol. The van der Waals surface area contributed by atoms with Gasteiger partial charge in [0, 0.05) is 0 Å². The van der Waals surface area contributed by atoms with Crippen LogP contribution in [0.25, 0.3) is 0 Å². The summed E-state index contributed by atoms with van der Waals surface area (Å²) in [6, 6.07) is 7.90. The predicted octanol–water partition coefficient (Wildman–Crippen LogP) is 3.94. The van der Waals surface area contributed by atoms with Crippen LogP contribution in [0.1, 0.15) is 44.6 Å². The predicted molar refractivity (Wildman–Crippen MR) is 88.7 cm³/mol. The van der Waals surface area contributed by atoms with Crippen LogP contribution in [-0.4, -0.2) is 19.5 Å². The highest BCUT2D eigenvalue weighted by molar-refractivity contribution is 5.66. The second kappa shape index (κ2) is 7.82. The number of hydrogen-bond acceptors (Lipinski definition) is 4. The fourth-order valence-electron chi connectivity index (χ4n) is 3.03. The van der Waals surface area contributed by atoms with Crippen molar-refractivity contribution < 1.29 is 14.3 Å². The monoisotopic (exact) mass is 313 g/mol. The van der Waals surface area contributed by atoms with E-state index in [-0.39, 0.29) is 6.10 Å². The number of nitrogens with zero attached hydrogens (tertiary/aromatic N) is 1. The van der Waals surface area contributed by atoms with E-state index in [1.807, 2.05) is 25.1 Å². The molecule has 1 fully saturated rings. The average Bonchev–Trinajstić information content (AvgIpc) is 3.09. The van der Waals surface area contributed by atoms with Gasteiger partial charge in [0.05, 0.1) is 19.3 Å². The van der Waals surface area contributed by atoms with Crippen molar-refractivity contribution in [2.24, 2.45) is 0 Å². The number of rotatable bonds is 7. The lowest BCUT2D eigenvalue weighted by Gasteiger charge is -2.24. The second-order valence-electron chi connectivity index (χ2n) is 5.82. The SMILES string of the molecule is CCC(C#N)(/C=C/C=O)c1ccc(OC)c(OC2CCCC2)c1. The van der Waals surface area contributed by atoms with Crippen molar-refractivity contribution in [2.75, 3.05) is 7.11 Å². The molecule has 0 spiro atoms. The van der Waals surface area contributed by atoms with E-state index in [2.05, 4.69) is 6.07 Å². The van der Waals surface area contributed by atoms with E-state index < -0.39 is 5.41 Å². The molecule has 2 rings (SSSR count). The van der Waals surface area contributed by atoms with Crippen molar-refractivity contribution in [3.8, 4) is 17.6 Å². The van der Waals surface area contributed by atoms with Gasteiger partial charge in [0.2, 0.25) is 0 Å². The van der Waals surface area contributed by atoms with Crippen molar-refractivity contribution >= 4 is 6.29 Å². The molecule has 0 N–H and O–H groups in total. The molecule has 4 nitrogen and oxygen atoms in total. The van der Waals surface area contributed by atoms with E-state index >= 15 is 0 Å². The van der Waals surface area contributed by atoms with Gasteiger partial charge in [-0.25, -0.2) is 0 Å². The number of nitriles is 1. The molecule has 1 atom stereocenters. The highest BCUT2D eigenvalue weighted by atomic mass is 16.5. The van der Waals surface area contributed by atoms with Crippen molar-refractivity contribution in [3.05, 3.63) is 35.9 Å². The molecule has 1 aromatic carbocycles. The minimum Gasteiger partial charge on any atom is -0.493 e. The van der Waals surface area contributed by atoms with Crippen LogP contribution in [0.5, 0.6) is 11.5 Å². The molecule has 1 aromatic rings. The summed E-state index contributed by atoms with van der Waals surface area (Å²) >= 11 is 0. The van der Waals surface area contributed by atoms with Gasteiger partial charge in [-0.15, -0.1) is 0 Å². The van der Waals surface area contributed by atoms with E-state index in [9.17, 15) is 10.1 Å². The Morgan fingerprint density at radius 2 is 2.09 bits per heavy atom. The molecule has 0 bridgehead atoms. The lowest BCUT2D eigenvalue weighted by atomic mass is 9.79. The van der Waals surface area contributed by atoms with Gasteiger partial charge in [-0.2, -0.15) is 5.26 Å².